The third kappa shape index (κ3) is 0.741. The van der Waals surface area contributed by atoms with Gasteiger partial charge < -0.3 is 14.6 Å². The van der Waals surface area contributed by atoms with Crippen LogP contribution in [0.1, 0.15) is 0 Å². The summed E-state index contributed by atoms with van der Waals surface area (Å²) in [5.74, 6) is 0.00634. The third-order valence-electron chi connectivity index (χ3n) is 1.56. The van der Waals surface area contributed by atoms with Gasteiger partial charge in [0.15, 0.2) is 5.75 Å². The lowest BCUT2D eigenvalue weighted by Gasteiger charge is -1.91. The normalized spacial score (nSPS) is 10.5. The van der Waals surface area contributed by atoms with Crippen LogP contribution < -0.4 is 0 Å². The molecule has 3 nitrogen and oxygen atoms in total. The van der Waals surface area contributed by atoms with Crippen LogP contribution in [0.2, 0.25) is 0 Å². The summed E-state index contributed by atoms with van der Waals surface area (Å²) >= 11 is 0. The predicted octanol–water partition coefficient (Wildman–Crippen LogP) is 1.84. The highest BCUT2D eigenvalue weighted by molar-refractivity contribution is 5.89. The molecule has 1 aromatic heterocycles. The number of phenolic OH excluding ortho intramolecular Hbond substituents is 1. The number of furan rings is 1. The number of aromatic hydroxyl groups is 2. The first-order valence-electron chi connectivity index (χ1n) is 3.17. The van der Waals surface area contributed by atoms with Crippen molar-refractivity contribution in [3.63, 3.8) is 0 Å². The van der Waals surface area contributed by atoms with E-state index in [0.717, 1.165) is 0 Å². The van der Waals surface area contributed by atoms with Crippen molar-refractivity contribution in [2.24, 2.45) is 0 Å². The summed E-state index contributed by atoms with van der Waals surface area (Å²) in [4.78, 5) is 0. The number of phenols is 1. The fourth-order valence-corrected chi connectivity index (χ4v) is 1.05. The van der Waals surface area contributed by atoms with Crippen LogP contribution in [0.15, 0.2) is 28.9 Å². The van der Waals surface area contributed by atoms with Crippen molar-refractivity contribution in [3.05, 3.63) is 24.5 Å². The zero-order valence-electron chi connectivity index (χ0n) is 5.61. The zero-order valence-corrected chi connectivity index (χ0v) is 5.61. The molecule has 0 spiro atoms. The fourth-order valence-electron chi connectivity index (χ4n) is 1.05. The molecule has 0 atom stereocenters. The average Bonchev–Trinajstić information content (AvgIpc) is 2.34. The Balaban J connectivity index is 2.96. The van der Waals surface area contributed by atoms with E-state index in [-0.39, 0.29) is 11.5 Å². The molecule has 2 rings (SSSR count). The van der Waals surface area contributed by atoms with Gasteiger partial charge in [-0.1, -0.05) is 6.07 Å². The maximum absolute atomic E-state index is 9.22. The van der Waals surface area contributed by atoms with Crippen molar-refractivity contribution < 1.29 is 14.6 Å². The molecular weight excluding hydrogens is 144 g/mol. The van der Waals surface area contributed by atoms with Gasteiger partial charge in [0.1, 0.15) is 23.0 Å². The van der Waals surface area contributed by atoms with Crippen LogP contribution >= 0.6 is 0 Å². The topological polar surface area (TPSA) is 53.6 Å². The van der Waals surface area contributed by atoms with Crippen LogP contribution in [0, 0.1) is 0 Å². The first-order valence-corrected chi connectivity index (χ1v) is 3.17. The highest BCUT2D eigenvalue weighted by atomic mass is 16.4. The van der Waals surface area contributed by atoms with Gasteiger partial charge in [0.25, 0.3) is 0 Å². The Hall–Kier alpha value is -1.64. The Morgan fingerprint density at radius 1 is 1.09 bits per heavy atom. The van der Waals surface area contributed by atoms with Crippen LogP contribution in [0.3, 0.4) is 0 Å². The molecule has 0 unspecified atom stereocenters. The van der Waals surface area contributed by atoms with Gasteiger partial charge in [0, 0.05) is 0 Å². The van der Waals surface area contributed by atoms with E-state index in [9.17, 15) is 5.11 Å². The maximum Gasteiger partial charge on any atom is 0.165 e. The summed E-state index contributed by atoms with van der Waals surface area (Å²) in [6, 6.07) is 4.83. The Kier molecular flexibility index (Phi) is 1.06. The fraction of sp³-hybridized carbons (Fsp3) is 0. The van der Waals surface area contributed by atoms with E-state index in [1.165, 1.54) is 12.3 Å². The first kappa shape index (κ1) is 6.09. The Bertz CT molecular complexity index is 389. The lowest BCUT2D eigenvalue weighted by atomic mass is 10.2. The van der Waals surface area contributed by atoms with Gasteiger partial charge in [-0.3, -0.25) is 0 Å². The minimum atomic E-state index is -0.0295. The minimum absolute atomic E-state index is 0.0295. The van der Waals surface area contributed by atoms with E-state index in [1.54, 1.807) is 12.1 Å². The molecule has 0 aliphatic carbocycles. The molecule has 0 saturated heterocycles. The van der Waals surface area contributed by atoms with Gasteiger partial charge in [-0.05, 0) is 12.1 Å². The number of benzene rings is 1. The minimum Gasteiger partial charge on any atom is -0.507 e. The lowest BCUT2D eigenvalue weighted by Crippen LogP contribution is -1.65. The predicted molar refractivity (Wildman–Crippen MR) is 39.5 cm³/mol. The second-order valence-electron chi connectivity index (χ2n) is 2.27. The van der Waals surface area contributed by atoms with E-state index in [4.69, 9.17) is 9.52 Å². The highest BCUT2D eigenvalue weighted by Crippen LogP contribution is 2.33. The molecule has 11 heavy (non-hydrogen) atoms. The third-order valence-corrected chi connectivity index (χ3v) is 1.56. The van der Waals surface area contributed by atoms with Gasteiger partial charge in [0.2, 0.25) is 0 Å². The molecule has 0 saturated carbocycles. The molecule has 2 N–H and O–H groups in total. The Morgan fingerprint density at radius 2 is 1.91 bits per heavy atom. The summed E-state index contributed by atoms with van der Waals surface area (Å²) in [5.41, 5.74) is 0.488. The molecule has 0 fully saturated rings. The van der Waals surface area contributed by atoms with Crippen molar-refractivity contribution in [1.29, 1.82) is 0 Å². The summed E-state index contributed by atoms with van der Waals surface area (Å²) in [7, 11) is 0. The summed E-state index contributed by atoms with van der Waals surface area (Å²) in [6.45, 7) is 0. The second kappa shape index (κ2) is 1.92. The number of rotatable bonds is 0. The second-order valence-corrected chi connectivity index (χ2v) is 2.27. The number of hydrogen-bond donors (Lipinski definition) is 2. The van der Waals surface area contributed by atoms with Crippen LogP contribution in [0.25, 0.3) is 11.0 Å². The Morgan fingerprint density at radius 3 is 2.64 bits per heavy atom. The van der Waals surface area contributed by atoms with Crippen molar-refractivity contribution in [1.82, 2.24) is 0 Å². The van der Waals surface area contributed by atoms with Crippen molar-refractivity contribution in [2.45, 2.75) is 0 Å². The van der Waals surface area contributed by atoms with Gasteiger partial charge >= 0.3 is 0 Å². The van der Waals surface area contributed by atoms with E-state index in [2.05, 4.69) is 0 Å². The Labute approximate surface area is 62.5 Å². The molecule has 0 aliphatic rings. The SMILES string of the molecule is Oc1cccc2occ(O)c12. The molecule has 56 valence electrons. The van der Waals surface area contributed by atoms with Crippen LogP contribution in [-0.2, 0) is 0 Å². The van der Waals surface area contributed by atoms with Crippen molar-refractivity contribution >= 4 is 11.0 Å². The van der Waals surface area contributed by atoms with Crippen molar-refractivity contribution in [3.8, 4) is 11.5 Å². The van der Waals surface area contributed by atoms with E-state index in [1.807, 2.05) is 0 Å². The lowest BCUT2D eigenvalue weighted by molar-refractivity contribution is 0.457. The quantitative estimate of drug-likeness (QED) is 0.602. The highest BCUT2D eigenvalue weighted by Gasteiger charge is 2.07. The largest absolute Gasteiger partial charge is 0.507 e. The van der Waals surface area contributed by atoms with Crippen molar-refractivity contribution in [2.75, 3.05) is 0 Å². The van der Waals surface area contributed by atoms with Crippen LogP contribution in [0.5, 0.6) is 11.5 Å². The zero-order chi connectivity index (χ0) is 7.84. The molecule has 1 aromatic carbocycles. The molecular formula is C8H6O3. The molecule has 3 heteroatoms. The van der Waals surface area contributed by atoms with E-state index in [0.29, 0.717) is 11.0 Å². The first-order chi connectivity index (χ1) is 5.29. The maximum atomic E-state index is 9.22. The standard InChI is InChI=1S/C8H6O3/c9-5-2-1-3-7-8(5)6(10)4-11-7/h1-4,9-10H. The summed E-state index contributed by atoms with van der Waals surface area (Å²) in [5, 5.41) is 18.7. The summed E-state index contributed by atoms with van der Waals surface area (Å²) in [6.07, 6.45) is 1.20. The number of fused-ring (bicyclic) bond motifs is 1. The molecule has 1 heterocycles. The van der Waals surface area contributed by atoms with Gasteiger partial charge in [-0.25, -0.2) is 0 Å². The van der Waals surface area contributed by atoms with Gasteiger partial charge in [-0.2, -0.15) is 0 Å². The molecule has 0 bridgehead atoms. The molecule has 0 amide bonds. The monoisotopic (exact) mass is 150 g/mol. The van der Waals surface area contributed by atoms with Gasteiger partial charge in [0.05, 0.1) is 0 Å². The average molecular weight is 150 g/mol. The van der Waals surface area contributed by atoms with E-state index >= 15 is 0 Å². The molecule has 0 radical (unpaired) electrons. The molecule has 0 aliphatic heterocycles. The summed E-state index contributed by atoms with van der Waals surface area (Å²) < 4.78 is 4.92. The van der Waals surface area contributed by atoms with Crippen LogP contribution in [0.4, 0.5) is 0 Å². The smallest absolute Gasteiger partial charge is 0.165 e. The number of hydrogen-bond acceptors (Lipinski definition) is 3. The van der Waals surface area contributed by atoms with E-state index < -0.39 is 0 Å². The van der Waals surface area contributed by atoms with Gasteiger partial charge in [-0.15, -0.1) is 0 Å². The van der Waals surface area contributed by atoms with Crippen LogP contribution in [-0.4, -0.2) is 10.2 Å². The molecule has 2 aromatic rings.